The first-order valence-electron chi connectivity index (χ1n) is 7.22. The summed E-state index contributed by atoms with van der Waals surface area (Å²) in [7, 11) is -2.27. The molecule has 0 spiro atoms. The van der Waals surface area contributed by atoms with E-state index in [2.05, 4.69) is 38.1 Å². The normalized spacial score (nSPS) is 16.3. The summed E-state index contributed by atoms with van der Waals surface area (Å²) < 4.78 is 17.6. The standard InChI is InChI=1S/C15H24O3Si/c1-3-17-19(18-4-2,11-10-14-12-16-13-14)15-8-6-5-7-9-15/h5-9,14H,3-4,10-13H2,1-2H3. The first-order valence-corrected chi connectivity index (χ1v) is 9.24. The van der Waals surface area contributed by atoms with Gasteiger partial charge in [-0.1, -0.05) is 30.3 Å². The van der Waals surface area contributed by atoms with Crippen molar-refractivity contribution in [3.05, 3.63) is 30.3 Å². The molecular weight excluding hydrogens is 256 g/mol. The van der Waals surface area contributed by atoms with Crippen LogP contribution in [-0.2, 0) is 13.6 Å². The minimum atomic E-state index is -2.27. The summed E-state index contributed by atoms with van der Waals surface area (Å²) in [5, 5.41) is 1.25. The molecule has 0 unspecified atom stereocenters. The van der Waals surface area contributed by atoms with Gasteiger partial charge in [0.1, 0.15) is 0 Å². The Balaban J connectivity index is 2.13. The van der Waals surface area contributed by atoms with Gasteiger partial charge < -0.3 is 13.6 Å². The summed E-state index contributed by atoms with van der Waals surface area (Å²) in [6.45, 7) is 7.33. The molecule has 1 heterocycles. The smallest absolute Gasteiger partial charge is 0.372 e. The SMILES string of the molecule is CCO[Si](CCC1COC1)(OCC)c1ccccc1. The van der Waals surface area contributed by atoms with Gasteiger partial charge in [-0.15, -0.1) is 0 Å². The highest BCUT2D eigenvalue weighted by atomic mass is 28.4. The average molecular weight is 280 g/mol. The quantitative estimate of drug-likeness (QED) is 0.685. The molecule has 1 aromatic rings. The molecule has 0 radical (unpaired) electrons. The minimum absolute atomic E-state index is 0.691. The number of hydrogen-bond acceptors (Lipinski definition) is 3. The molecule has 0 aliphatic carbocycles. The van der Waals surface area contributed by atoms with Crippen LogP contribution in [0, 0.1) is 5.92 Å². The van der Waals surface area contributed by atoms with Crippen molar-refractivity contribution in [1.82, 2.24) is 0 Å². The third kappa shape index (κ3) is 3.66. The number of ether oxygens (including phenoxy) is 1. The first kappa shape index (κ1) is 14.7. The van der Waals surface area contributed by atoms with Gasteiger partial charge in [0.05, 0.1) is 13.2 Å². The lowest BCUT2D eigenvalue weighted by atomic mass is 10.1. The molecule has 0 aromatic heterocycles. The molecule has 2 rings (SSSR count). The lowest BCUT2D eigenvalue weighted by Gasteiger charge is -2.33. The highest BCUT2D eigenvalue weighted by Gasteiger charge is 2.40. The van der Waals surface area contributed by atoms with E-state index in [0.29, 0.717) is 19.1 Å². The molecule has 1 saturated heterocycles. The second-order valence-electron chi connectivity index (χ2n) is 4.93. The maximum Gasteiger partial charge on any atom is 0.372 e. The van der Waals surface area contributed by atoms with Crippen LogP contribution < -0.4 is 5.19 Å². The third-order valence-electron chi connectivity index (χ3n) is 3.56. The van der Waals surface area contributed by atoms with Crippen molar-refractivity contribution in [2.45, 2.75) is 26.3 Å². The van der Waals surface area contributed by atoms with Gasteiger partial charge in [-0.3, -0.25) is 0 Å². The molecular formula is C15H24O3Si. The monoisotopic (exact) mass is 280 g/mol. The van der Waals surface area contributed by atoms with Gasteiger partial charge in [0.25, 0.3) is 0 Å². The fraction of sp³-hybridized carbons (Fsp3) is 0.600. The summed E-state index contributed by atoms with van der Waals surface area (Å²) in [5.41, 5.74) is 0. The lowest BCUT2D eigenvalue weighted by Crippen LogP contribution is -2.54. The van der Waals surface area contributed by atoms with E-state index < -0.39 is 8.56 Å². The number of hydrogen-bond donors (Lipinski definition) is 0. The van der Waals surface area contributed by atoms with Gasteiger partial charge in [0.15, 0.2) is 0 Å². The Morgan fingerprint density at radius 3 is 2.21 bits per heavy atom. The van der Waals surface area contributed by atoms with Gasteiger partial charge in [-0.25, -0.2) is 0 Å². The highest BCUT2D eigenvalue weighted by Crippen LogP contribution is 2.24. The van der Waals surface area contributed by atoms with Crippen LogP contribution in [0.25, 0.3) is 0 Å². The zero-order chi connectivity index (χ0) is 13.6. The molecule has 3 nitrogen and oxygen atoms in total. The van der Waals surface area contributed by atoms with Crippen LogP contribution in [0.1, 0.15) is 20.3 Å². The van der Waals surface area contributed by atoms with E-state index in [-0.39, 0.29) is 0 Å². The van der Waals surface area contributed by atoms with E-state index in [1.165, 1.54) is 5.19 Å². The van der Waals surface area contributed by atoms with E-state index >= 15 is 0 Å². The second-order valence-corrected chi connectivity index (χ2v) is 8.09. The molecule has 1 aliphatic rings. The predicted octanol–water partition coefficient (Wildman–Crippen LogP) is 2.45. The Labute approximate surface area is 117 Å². The van der Waals surface area contributed by atoms with Crippen LogP contribution in [-0.4, -0.2) is 35.0 Å². The average Bonchev–Trinajstić information content (AvgIpc) is 2.38. The fourth-order valence-corrected chi connectivity index (χ4v) is 5.92. The maximum absolute atomic E-state index is 6.15. The molecule has 106 valence electrons. The van der Waals surface area contributed by atoms with E-state index in [1.54, 1.807) is 0 Å². The highest BCUT2D eigenvalue weighted by molar-refractivity contribution is 6.81. The fourth-order valence-electron chi connectivity index (χ4n) is 2.50. The molecule has 1 aliphatic heterocycles. The van der Waals surface area contributed by atoms with Crippen molar-refractivity contribution in [2.75, 3.05) is 26.4 Å². The van der Waals surface area contributed by atoms with Gasteiger partial charge in [0.2, 0.25) is 0 Å². The maximum atomic E-state index is 6.15. The van der Waals surface area contributed by atoms with E-state index in [9.17, 15) is 0 Å². The van der Waals surface area contributed by atoms with E-state index in [0.717, 1.165) is 25.7 Å². The van der Waals surface area contributed by atoms with Crippen molar-refractivity contribution < 1.29 is 13.6 Å². The minimum Gasteiger partial charge on any atom is -0.391 e. The number of rotatable bonds is 8. The van der Waals surface area contributed by atoms with Crippen molar-refractivity contribution in [3.8, 4) is 0 Å². The van der Waals surface area contributed by atoms with Gasteiger partial charge in [0, 0.05) is 19.1 Å². The van der Waals surface area contributed by atoms with Crippen molar-refractivity contribution >= 4 is 13.7 Å². The Hall–Kier alpha value is -0.683. The van der Waals surface area contributed by atoms with Crippen LogP contribution in [0.3, 0.4) is 0 Å². The Morgan fingerprint density at radius 2 is 1.74 bits per heavy atom. The van der Waals surface area contributed by atoms with Gasteiger partial charge in [-0.05, 0) is 31.5 Å². The topological polar surface area (TPSA) is 27.7 Å². The molecule has 19 heavy (non-hydrogen) atoms. The van der Waals surface area contributed by atoms with E-state index in [1.807, 2.05) is 6.07 Å². The Morgan fingerprint density at radius 1 is 1.11 bits per heavy atom. The van der Waals surface area contributed by atoms with Crippen LogP contribution in [0.4, 0.5) is 0 Å². The Bertz CT molecular complexity index is 359. The zero-order valence-electron chi connectivity index (χ0n) is 11.9. The number of benzene rings is 1. The third-order valence-corrected chi connectivity index (χ3v) is 7.23. The molecule has 0 atom stereocenters. The van der Waals surface area contributed by atoms with Crippen LogP contribution in [0.15, 0.2) is 30.3 Å². The van der Waals surface area contributed by atoms with Crippen molar-refractivity contribution in [2.24, 2.45) is 5.92 Å². The second kappa shape index (κ2) is 7.19. The summed E-state index contributed by atoms with van der Waals surface area (Å²) in [6, 6.07) is 11.5. The van der Waals surface area contributed by atoms with Crippen molar-refractivity contribution in [1.29, 1.82) is 0 Å². The summed E-state index contributed by atoms with van der Waals surface area (Å²) in [4.78, 5) is 0. The lowest BCUT2D eigenvalue weighted by molar-refractivity contribution is -0.0341. The summed E-state index contributed by atoms with van der Waals surface area (Å²) in [6.07, 6.45) is 1.14. The van der Waals surface area contributed by atoms with Gasteiger partial charge in [-0.2, -0.15) is 0 Å². The first-order chi connectivity index (χ1) is 9.30. The molecule has 4 heteroatoms. The summed E-state index contributed by atoms with van der Waals surface area (Å²) >= 11 is 0. The molecule has 1 aromatic carbocycles. The van der Waals surface area contributed by atoms with E-state index in [4.69, 9.17) is 13.6 Å². The zero-order valence-corrected chi connectivity index (χ0v) is 12.9. The molecule has 1 fully saturated rings. The summed E-state index contributed by atoms with van der Waals surface area (Å²) in [5.74, 6) is 0.691. The molecule has 0 bridgehead atoms. The predicted molar refractivity (Wildman–Crippen MR) is 78.8 cm³/mol. The Kier molecular flexibility index (Phi) is 5.57. The molecule has 0 saturated carbocycles. The van der Waals surface area contributed by atoms with Crippen molar-refractivity contribution in [3.63, 3.8) is 0 Å². The largest absolute Gasteiger partial charge is 0.391 e. The molecule has 0 amide bonds. The van der Waals surface area contributed by atoms with Crippen LogP contribution in [0.2, 0.25) is 6.04 Å². The van der Waals surface area contributed by atoms with Gasteiger partial charge >= 0.3 is 8.56 Å². The molecule has 0 N–H and O–H groups in total. The van der Waals surface area contributed by atoms with Crippen LogP contribution >= 0.6 is 0 Å². The van der Waals surface area contributed by atoms with Crippen LogP contribution in [0.5, 0.6) is 0 Å².